The molecule has 2 heterocycles. The van der Waals surface area contributed by atoms with Crippen LogP contribution in [0.4, 0.5) is 8.78 Å². The molecule has 0 amide bonds. The molecule has 5 nitrogen and oxygen atoms in total. The number of carboxylic acids is 1. The third-order valence-electron chi connectivity index (χ3n) is 5.03. The molecule has 2 aromatic heterocycles. The zero-order valence-corrected chi connectivity index (χ0v) is 16.2. The van der Waals surface area contributed by atoms with E-state index in [1.807, 2.05) is 18.4 Å². The lowest BCUT2D eigenvalue weighted by Crippen LogP contribution is -2.03. The maximum Gasteiger partial charge on any atom is 0.335 e. The van der Waals surface area contributed by atoms with Gasteiger partial charge in [-0.1, -0.05) is 26.0 Å². The highest BCUT2D eigenvalue weighted by Crippen LogP contribution is 2.44. The topological polar surface area (TPSA) is 75.3 Å². The van der Waals surface area contributed by atoms with E-state index >= 15 is 0 Å². The number of fused-ring (bicyclic) bond motifs is 1. The van der Waals surface area contributed by atoms with E-state index in [-0.39, 0.29) is 16.9 Å². The van der Waals surface area contributed by atoms with E-state index in [0.29, 0.717) is 22.3 Å². The summed E-state index contributed by atoms with van der Waals surface area (Å²) in [6, 6.07) is 12.0. The monoisotopic (exact) mass is 408 g/mol. The number of halogens is 2. The Balaban J connectivity index is 2.13. The summed E-state index contributed by atoms with van der Waals surface area (Å²) in [5, 5.41) is 20.0. The van der Waals surface area contributed by atoms with Crippen molar-refractivity contribution in [2.75, 3.05) is 0 Å². The highest BCUT2D eigenvalue weighted by molar-refractivity contribution is 6.03. The van der Waals surface area contributed by atoms with Gasteiger partial charge in [0.25, 0.3) is 5.95 Å². The van der Waals surface area contributed by atoms with Gasteiger partial charge in [-0.05, 0) is 47.9 Å². The van der Waals surface area contributed by atoms with Gasteiger partial charge >= 0.3 is 5.97 Å². The van der Waals surface area contributed by atoms with E-state index in [4.69, 9.17) is 0 Å². The number of aromatic hydroxyl groups is 1. The highest BCUT2D eigenvalue weighted by Gasteiger charge is 2.26. The maximum absolute atomic E-state index is 14.2. The molecule has 0 unspecified atom stereocenters. The van der Waals surface area contributed by atoms with E-state index in [2.05, 4.69) is 4.98 Å². The zero-order chi connectivity index (χ0) is 21.6. The van der Waals surface area contributed by atoms with E-state index in [1.54, 1.807) is 24.3 Å². The fraction of sp³-hybridized carbons (Fsp3) is 0.130. The molecule has 4 rings (SSSR count). The number of aromatic carboxylic acids is 1. The van der Waals surface area contributed by atoms with Gasteiger partial charge in [0.2, 0.25) is 0 Å². The first-order valence-corrected chi connectivity index (χ1v) is 9.31. The summed E-state index contributed by atoms with van der Waals surface area (Å²) in [5.41, 5.74) is 3.15. The Morgan fingerprint density at radius 1 is 1.03 bits per heavy atom. The van der Waals surface area contributed by atoms with Gasteiger partial charge in [0, 0.05) is 16.9 Å². The van der Waals surface area contributed by atoms with E-state index in [1.165, 1.54) is 30.5 Å². The van der Waals surface area contributed by atoms with Gasteiger partial charge in [-0.15, -0.1) is 0 Å². The van der Waals surface area contributed by atoms with Crippen molar-refractivity contribution in [1.82, 2.24) is 9.55 Å². The lowest BCUT2D eigenvalue weighted by atomic mass is 9.96. The standard InChI is InChI=1S/C23H18F2N2O3/c1-12(2)20-18(13-3-5-14(6-4-13)23(29)30)19-17(11-26-22(25)21(19)28)27(20)16-9-7-15(24)8-10-16/h3-12,28H,1-2H3,(H,29,30). The fourth-order valence-electron chi connectivity index (χ4n) is 3.74. The Kier molecular flexibility index (Phi) is 4.73. The molecule has 152 valence electrons. The van der Waals surface area contributed by atoms with Gasteiger partial charge in [0.1, 0.15) is 5.82 Å². The molecule has 0 saturated carbocycles. The minimum atomic E-state index is -1.06. The molecule has 0 radical (unpaired) electrons. The summed E-state index contributed by atoms with van der Waals surface area (Å²) in [7, 11) is 0. The van der Waals surface area contributed by atoms with Crippen LogP contribution in [0.3, 0.4) is 0 Å². The second-order valence-electron chi connectivity index (χ2n) is 7.27. The Morgan fingerprint density at radius 3 is 2.23 bits per heavy atom. The van der Waals surface area contributed by atoms with Crippen LogP contribution >= 0.6 is 0 Å². The van der Waals surface area contributed by atoms with Crippen LogP contribution in [0, 0.1) is 11.8 Å². The summed E-state index contributed by atoms with van der Waals surface area (Å²) in [4.78, 5) is 14.9. The first-order valence-electron chi connectivity index (χ1n) is 9.31. The number of pyridine rings is 1. The SMILES string of the molecule is CC(C)c1c(-c2ccc(C(=O)O)cc2)c2c(O)c(F)ncc2n1-c1ccc(F)cc1. The molecule has 0 aliphatic rings. The molecule has 30 heavy (non-hydrogen) atoms. The van der Waals surface area contributed by atoms with Crippen molar-refractivity contribution < 1.29 is 23.8 Å². The molecule has 0 spiro atoms. The van der Waals surface area contributed by atoms with Crippen LogP contribution in [0.1, 0.15) is 35.8 Å². The van der Waals surface area contributed by atoms with Crippen molar-refractivity contribution >= 4 is 16.9 Å². The third-order valence-corrected chi connectivity index (χ3v) is 5.03. The van der Waals surface area contributed by atoms with E-state index in [0.717, 1.165) is 5.69 Å². The average molecular weight is 408 g/mol. The van der Waals surface area contributed by atoms with Crippen LogP contribution in [0.5, 0.6) is 5.75 Å². The number of hydrogen-bond donors (Lipinski definition) is 2. The number of rotatable bonds is 4. The molecule has 2 N–H and O–H groups in total. The molecule has 7 heteroatoms. The molecule has 0 atom stereocenters. The number of benzene rings is 2. The lowest BCUT2D eigenvalue weighted by molar-refractivity contribution is 0.0697. The zero-order valence-electron chi connectivity index (χ0n) is 16.2. The quantitative estimate of drug-likeness (QED) is 0.438. The predicted octanol–water partition coefficient (Wildman–Crippen LogP) is 5.50. The molecule has 0 fully saturated rings. The van der Waals surface area contributed by atoms with Crippen LogP contribution < -0.4 is 0 Å². The molecule has 4 aromatic rings. The Bertz CT molecular complexity index is 1260. The molecule has 0 aliphatic heterocycles. The molecule has 2 aromatic carbocycles. The Labute approximate surface area is 170 Å². The third kappa shape index (κ3) is 3.08. The molecule has 0 bridgehead atoms. The van der Waals surface area contributed by atoms with Crippen LogP contribution in [0.2, 0.25) is 0 Å². The van der Waals surface area contributed by atoms with Crippen molar-refractivity contribution in [2.45, 2.75) is 19.8 Å². The Morgan fingerprint density at radius 2 is 1.67 bits per heavy atom. The van der Waals surface area contributed by atoms with Crippen LogP contribution in [0.25, 0.3) is 27.7 Å². The summed E-state index contributed by atoms with van der Waals surface area (Å²) >= 11 is 0. The summed E-state index contributed by atoms with van der Waals surface area (Å²) in [5.74, 6) is -3.11. The smallest absolute Gasteiger partial charge is 0.335 e. The van der Waals surface area contributed by atoms with Crippen LogP contribution in [-0.2, 0) is 0 Å². The molecular weight excluding hydrogens is 390 g/mol. The van der Waals surface area contributed by atoms with Crippen molar-refractivity contribution in [2.24, 2.45) is 0 Å². The summed E-state index contributed by atoms with van der Waals surface area (Å²) in [6.07, 6.45) is 1.33. The maximum atomic E-state index is 14.2. The molecule has 0 saturated heterocycles. The van der Waals surface area contributed by atoms with Gasteiger partial charge in [-0.3, -0.25) is 0 Å². The number of nitrogens with zero attached hydrogens (tertiary/aromatic N) is 2. The highest BCUT2D eigenvalue weighted by atomic mass is 19.1. The predicted molar refractivity (Wildman–Crippen MR) is 109 cm³/mol. The van der Waals surface area contributed by atoms with Gasteiger partial charge in [-0.25, -0.2) is 14.2 Å². The van der Waals surface area contributed by atoms with E-state index < -0.39 is 23.5 Å². The van der Waals surface area contributed by atoms with Gasteiger partial charge in [0.05, 0.1) is 22.7 Å². The number of carbonyl (C=O) groups is 1. The van der Waals surface area contributed by atoms with Gasteiger partial charge in [0.15, 0.2) is 5.75 Å². The van der Waals surface area contributed by atoms with Crippen LogP contribution in [-0.4, -0.2) is 25.7 Å². The first kappa shape index (κ1) is 19.6. The summed E-state index contributed by atoms with van der Waals surface area (Å²) < 4.78 is 29.5. The minimum absolute atomic E-state index is 0.0703. The number of carboxylic acid groups (broad SMARTS) is 1. The van der Waals surface area contributed by atoms with Crippen molar-refractivity contribution in [3.8, 4) is 22.6 Å². The average Bonchev–Trinajstić information content (AvgIpc) is 3.07. The van der Waals surface area contributed by atoms with Gasteiger partial charge in [-0.2, -0.15) is 4.39 Å². The van der Waals surface area contributed by atoms with E-state index in [9.17, 15) is 23.8 Å². The number of aromatic nitrogens is 2. The first-order chi connectivity index (χ1) is 14.3. The second kappa shape index (κ2) is 7.26. The molecule has 0 aliphatic carbocycles. The van der Waals surface area contributed by atoms with Gasteiger partial charge < -0.3 is 14.8 Å². The van der Waals surface area contributed by atoms with Crippen molar-refractivity contribution in [3.63, 3.8) is 0 Å². The Hall–Kier alpha value is -3.74. The van der Waals surface area contributed by atoms with Crippen molar-refractivity contribution in [1.29, 1.82) is 0 Å². The normalized spacial score (nSPS) is 11.4. The van der Waals surface area contributed by atoms with Crippen molar-refractivity contribution in [3.05, 3.63) is 77.8 Å². The second-order valence-corrected chi connectivity index (χ2v) is 7.27. The fourth-order valence-corrected chi connectivity index (χ4v) is 3.74. The summed E-state index contributed by atoms with van der Waals surface area (Å²) in [6.45, 7) is 3.90. The largest absolute Gasteiger partial charge is 0.503 e. The number of hydrogen-bond acceptors (Lipinski definition) is 3. The minimum Gasteiger partial charge on any atom is -0.503 e. The lowest BCUT2D eigenvalue weighted by Gasteiger charge is -2.15. The molecular formula is C23H18F2N2O3. The van der Waals surface area contributed by atoms with Crippen LogP contribution in [0.15, 0.2) is 54.7 Å².